The molecule has 0 saturated carbocycles. The lowest BCUT2D eigenvalue weighted by Crippen LogP contribution is -2.36. The molecule has 0 atom stereocenters. The molecule has 0 aliphatic heterocycles. The molecule has 0 radical (unpaired) electrons. The smallest absolute Gasteiger partial charge is 0.246 e. The van der Waals surface area contributed by atoms with Gasteiger partial charge in [-0.25, -0.2) is 4.39 Å². The van der Waals surface area contributed by atoms with Crippen molar-refractivity contribution in [2.75, 3.05) is 6.54 Å². The summed E-state index contributed by atoms with van der Waals surface area (Å²) in [7, 11) is 0. The highest BCUT2D eigenvalue weighted by Gasteiger charge is 2.26. The maximum atomic E-state index is 13.2. The Labute approximate surface area is 112 Å². The summed E-state index contributed by atoms with van der Waals surface area (Å²) in [5, 5.41) is 7.22. The third-order valence-electron chi connectivity index (χ3n) is 3.00. The second-order valence-corrected chi connectivity index (χ2v) is 5.04. The van der Waals surface area contributed by atoms with Crippen LogP contribution in [0.15, 0.2) is 22.7 Å². The number of halogens is 1. The topological polar surface area (TPSA) is 51.0 Å². The SMILES string of the molecule is CCNC(C)(C)c1nc(-c2ccc(F)c(C)c2)no1. The molecule has 4 nitrogen and oxygen atoms in total. The molecule has 0 fully saturated rings. The Morgan fingerprint density at radius 3 is 2.74 bits per heavy atom. The van der Waals surface area contributed by atoms with Crippen LogP contribution < -0.4 is 5.32 Å². The summed E-state index contributed by atoms with van der Waals surface area (Å²) in [5.74, 6) is 0.760. The van der Waals surface area contributed by atoms with Gasteiger partial charge in [0.1, 0.15) is 5.82 Å². The van der Waals surface area contributed by atoms with Crippen molar-refractivity contribution in [3.63, 3.8) is 0 Å². The number of hydrogen-bond donors (Lipinski definition) is 1. The molecule has 5 heteroatoms. The van der Waals surface area contributed by atoms with Gasteiger partial charge in [-0.3, -0.25) is 0 Å². The van der Waals surface area contributed by atoms with Crippen molar-refractivity contribution in [1.29, 1.82) is 0 Å². The van der Waals surface area contributed by atoms with E-state index in [-0.39, 0.29) is 11.4 Å². The summed E-state index contributed by atoms with van der Waals surface area (Å²) < 4.78 is 18.5. The predicted molar refractivity (Wildman–Crippen MR) is 71.1 cm³/mol. The molecule has 2 aromatic rings. The monoisotopic (exact) mass is 263 g/mol. The van der Waals surface area contributed by atoms with Gasteiger partial charge in [-0.05, 0) is 51.1 Å². The number of nitrogens with zero attached hydrogens (tertiary/aromatic N) is 2. The highest BCUT2D eigenvalue weighted by Crippen LogP contribution is 2.23. The molecule has 0 saturated heterocycles. The van der Waals surface area contributed by atoms with Crippen LogP contribution in [0.3, 0.4) is 0 Å². The Bertz CT molecular complexity index is 578. The lowest BCUT2D eigenvalue weighted by Gasteiger charge is -2.20. The van der Waals surface area contributed by atoms with Gasteiger partial charge in [0.25, 0.3) is 0 Å². The number of nitrogens with one attached hydrogen (secondary N) is 1. The fraction of sp³-hybridized carbons (Fsp3) is 0.429. The molecule has 1 aromatic heterocycles. The van der Waals surface area contributed by atoms with Crippen LogP contribution in [0.4, 0.5) is 4.39 Å². The third kappa shape index (κ3) is 2.81. The second-order valence-electron chi connectivity index (χ2n) is 5.04. The van der Waals surface area contributed by atoms with Crippen LogP contribution in [0.2, 0.25) is 0 Å². The average Bonchev–Trinajstić information content (AvgIpc) is 2.83. The van der Waals surface area contributed by atoms with E-state index in [4.69, 9.17) is 4.52 Å². The molecule has 0 spiro atoms. The van der Waals surface area contributed by atoms with E-state index in [1.54, 1.807) is 19.1 Å². The Morgan fingerprint density at radius 1 is 1.37 bits per heavy atom. The Morgan fingerprint density at radius 2 is 2.11 bits per heavy atom. The number of hydrogen-bond acceptors (Lipinski definition) is 4. The Balaban J connectivity index is 2.33. The minimum absolute atomic E-state index is 0.236. The first-order chi connectivity index (χ1) is 8.94. The maximum Gasteiger partial charge on any atom is 0.246 e. The number of aromatic nitrogens is 2. The molecule has 2 rings (SSSR count). The molecule has 1 heterocycles. The van der Waals surface area contributed by atoms with Gasteiger partial charge in [0.2, 0.25) is 11.7 Å². The van der Waals surface area contributed by atoms with Crippen molar-refractivity contribution < 1.29 is 8.91 Å². The predicted octanol–water partition coefficient (Wildman–Crippen LogP) is 3.03. The van der Waals surface area contributed by atoms with E-state index in [2.05, 4.69) is 15.5 Å². The van der Waals surface area contributed by atoms with Gasteiger partial charge in [-0.1, -0.05) is 12.1 Å². The Kier molecular flexibility index (Phi) is 3.66. The molecule has 1 N–H and O–H groups in total. The summed E-state index contributed by atoms with van der Waals surface area (Å²) in [6, 6.07) is 4.78. The zero-order valence-corrected chi connectivity index (χ0v) is 11.6. The molecule has 0 aliphatic rings. The quantitative estimate of drug-likeness (QED) is 0.921. The number of aryl methyl sites for hydroxylation is 1. The molecule has 0 aliphatic carbocycles. The van der Waals surface area contributed by atoms with Crippen LogP contribution in [-0.4, -0.2) is 16.7 Å². The van der Waals surface area contributed by atoms with E-state index in [0.717, 1.165) is 12.1 Å². The summed E-state index contributed by atoms with van der Waals surface area (Å²) in [6.07, 6.45) is 0. The number of rotatable bonds is 4. The van der Waals surface area contributed by atoms with Gasteiger partial charge in [0, 0.05) is 5.56 Å². The first-order valence-electron chi connectivity index (χ1n) is 6.30. The maximum absolute atomic E-state index is 13.2. The summed E-state index contributed by atoms with van der Waals surface area (Å²) in [6.45, 7) is 8.48. The van der Waals surface area contributed by atoms with E-state index >= 15 is 0 Å². The molecule has 102 valence electrons. The van der Waals surface area contributed by atoms with Gasteiger partial charge in [-0.15, -0.1) is 0 Å². The number of benzene rings is 1. The van der Waals surface area contributed by atoms with Crippen LogP contribution in [-0.2, 0) is 5.54 Å². The van der Waals surface area contributed by atoms with Crippen molar-refractivity contribution in [1.82, 2.24) is 15.5 Å². The third-order valence-corrected chi connectivity index (χ3v) is 3.00. The highest BCUT2D eigenvalue weighted by atomic mass is 19.1. The fourth-order valence-electron chi connectivity index (χ4n) is 1.90. The lowest BCUT2D eigenvalue weighted by molar-refractivity contribution is 0.272. The molecular weight excluding hydrogens is 245 g/mol. The highest BCUT2D eigenvalue weighted by molar-refractivity contribution is 5.55. The largest absolute Gasteiger partial charge is 0.337 e. The van der Waals surface area contributed by atoms with E-state index in [1.165, 1.54) is 6.07 Å². The average molecular weight is 263 g/mol. The summed E-state index contributed by atoms with van der Waals surface area (Å²) >= 11 is 0. The lowest BCUT2D eigenvalue weighted by atomic mass is 10.1. The van der Waals surface area contributed by atoms with Crippen molar-refractivity contribution in [2.45, 2.75) is 33.2 Å². The van der Waals surface area contributed by atoms with Crippen molar-refractivity contribution >= 4 is 0 Å². The van der Waals surface area contributed by atoms with E-state index < -0.39 is 0 Å². The minimum atomic E-state index is -0.380. The molecular formula is C14H18FN3O. The van der Waals surface area contributed by atoms with Crippen LogP contribution in [0.25, 0.3) is 11.4 Å². The van der Waals surface area contributed by atoms with Crippen LogP contribution >= 0.6 is 0 Å². The standard InChI is InChI=1S/C14H18FN3O/c1-5-16-14(3,4)13-17-12(18-19-13)10-6-7-11(15)9(2)8-10/h6-8,16H,5H2,1-4H3. The van der Waals surface area contributed by atoms with Gasteiger partial charge in [0.05, 0.1) is 5.54 Å². The molecule has 0 unspecified atom stereocenters. The fourth-order valence-corrected chi connectivity index (χ4v) is 1.90. The van der Waals surface area contributed by atoms with Crippen molar-refractivity contribution in [2.24, 2.45) is 0 Å². The first kappa shape index (κ1) is 13.7. The molecule has 0 amide bonds. The normalized spacial score (nSPS) is 11.8. The Hall–Kier alpha value is -1.75. The van der Waals surface area contributed by atoms with E-state index in [1.807, 2.05) is 20.8 Å². The van der Waals surface area contributed by atoms with Crippen molar-refractivity contribution in [3.05, 3.63) is 35.5 Å². The zero-order chi connectivity index (χ0) is 14.0. The first-order valence-corrected chi connectivity index (χ1v) is 6.30. The van der Waals surface area contributed by atoms with E-state index in [0.29, 0.717) is 17.3 Å². The molecule has 0 bridgehead atoms. The van der Waals surface area contributed by atoms with Gasteiger partial charge in [0.15, 0.2) is 0 Å². The zero-order valence-electron chi connectivity index (χ0n) is 11.6. The van der Waals surface area contributed by atoms with Gasteiger partial charge < -0.3 is 9.84 Å². The molecule has 1 aromatic carbocycles. The van der Waals surface area contributed by atoms with Crippen LogP contribution in [0, 0.1) is 12.7 Å². The minimum Gasteiger partial charge on any atom is -0.337 e. The van der Waals surface area contributed by atoms with Crippen LogP contribution in [0.5, 0.6) is 0 Å². The summed E-state index contributed by atoms with van der Waals surface area (Å²) in [4.78, 5) is 4.38. The van der Waals surface area contributed by atoms with Gasteiger partial charge in [-0.2, -0.15) is 4.98 Å². The van der Waals surface area contributed by atoms with Crippen molar-refractivity contribution in [3.8, 4) is 11.4 Å². The van der Waals surface area contributed by atoms with E-state index in [9.17, 15) is 4.39 Å². The van der Waals surface area contributed by atoms with Crippen LogP contribution in [0.1, 0.15) is 32.2 Å². The van der Waals surface area contributed by atoms with Gasteiger partial charge >= 0.3 is 0 Å². The molecule has 19 heavy (non-hydrogen) atoms. The second kappa shape index (κ2) is 5.09. The summed E-state index contributed by atoms with van der Waals surface area (Å²) in [5.41, 5.74) is 0.936.